The predicted octanol–water partition coefficient (Wildman–Crippen LogP) is 3.08. The number of carbonyl (C=O) groups is 2. The Balaban J connectivity index is 2.01. The van der Waals surface area contributed by atoms with Gasteiger partial charge in [0.2, 0.25) is 5.91 Å². The Labute approximate surface area is 125 Å². The van der Waals surface area contributed by atoms with Crippen LogP contribution < -0.4 is 10.2 Å². The summed E-state index contributed by atoms with van der Waals surface area (Å²) in [6.45, 7) is -0.111. The van der Waals surface area contributed by atoms with Gasteiger partial charge < -0.3 is 5.32 Å². The van der Waals surface area contributed by atoms with Gasteiger partial charge in [-0.1, -0.05) is 23.7 Å². The maximum Gasteiger partial charge on any atom is 0.258 e. The molecule has 0 aromatic heterocycles. The molecular weight excluding hydrogens is 295 g/mol. The Hall–Kier alpha value is -2.40. The average molecular weight is 305 g/mol. The molecule has 0 fully saturated rings. The molecule has 2 aromatic carbocycles. The second-order valence-electron chi connectivity index (χ2n) is 4.59. The van der Waals surface area contributed by atoms with E-state index in [2.05, 4.69) is 5.32 Å². The van der Waals surface area contributed by atoms with E-state index in [1.165, 1.54) is 17.0 Å². The SMILES string of the molecule is O=C1CN(C(=O)c2ccc(Cl)c(F)c2)c2ccccc2N1. The minimum Gasteiger partial charge on any atom is -0.323 e. The van der Waals surface area contributed by atoms with Crippen molar-refractivity contribution in [1.82, 2.24) is 0 Å². The van der Waals surface area contributed by atoms with E-state index in [-0.39, 0.29) is 23.0 Å². The first kappa shape index (κ1) is 13.6. The van der Waals surface area contributed by atoms with Crippen LogP contribution in [0, 0.1) is 5.82 Å². The van der Waals surface area contributed by atoms with Gasteiger partial charge >= 0.3 is 0 Å². The Morgan fingerprint density at radius 3 is 2.76 bits per heavy atom. The van der Waals surface area contributed by atoms with Crippen molar-refractivity contribution in [2.24, 2.45) is 0 Å². The minimum absolute atomic E-state index is 0.0525. The van der Waals surface area contributed by atoms with Crippen molar-refractivity contribution in [2.45, 2.75) is 0 Å². The molecule has 6 heteroatoms. The van der Waals surface area contributed by atoms with Gasteiger partial charge in [0, 0.05) is 5.56 Å². The van der Waals surface area contributed by atoms with Crippen LogP contribution in [0.4, 0.5) is 15.8 Å². The van der Waals surface area contributed by atoms with Crippen molar-refractivity contribution in [3.05, 3.63) is 58.9 Å². The Kier molecular flexibility index (Phi) is 3.35. The second-order valence-corrected chi connectivity index (χ2v) is 4.99. The fourth-order valence-electron chi connectivity index (χ4n) is 2.20. The van der Waals surface area contributed by atoms with E-state index >= 15 is 0 Å². The lowest BCUT2D eigenvalue weighted by Crippen LogP contribution is -2.42. The molecular formula is C15H10ClFN2O2. The molecule has 0 radical (unpaired) electrons. The normalized spacial score (nSPS) is 13.6. The van der Waals surface area contributed by atoms with E-state index in [1.54, 1.807) is 24.3 Å². The number of nitrogens with one attached hydrogen (secondary N) is 1. The molecule has 0 saturated heterocycles. The number of hydrogen-bond acceptors (Lipinski definition) is 2. The summed E-state index contributed by atoms with van der Waals surface area (Å²) in [7, 11) is 0. The van der Waals surface area contributed by atoms with Crippen molar-refractivity contribution in [2.75, 3.05) is 16.8 Å². The summed E-state index contributed by atoms with van der Waals surface area (Å²) in [4.78, 5) is 25.5. The summed E-state index contributed by atoms with van der Waals surface area (Å²) in [5.41, 5.74) is 1.27. The molecule has 1 N–H and O–H groups in total. The maximum absolute atomic E-state index is 13.5. The van der Waals surface area contributed by atoms with Crippen LogP contribution in [0.5, 0.6) is 0 Å². The van der Waals surface area contributed by atoms with Crippen LogP contribution in [-0.2, 0) is 4.79 Å². The molecule has 3 rings (SSSR count). The Morgan fingerprint density at radius 1 is 1.24 bits per heavy atom. The van der Waals surface area contributed by atoms with Crippen molar-refractivity contribution in [3.8, 4) is 0 Å². The lowest BCUT2D eigenvalue weighted by atomic mass is 10.1. The number of anilines is 2. The average Bonchev–Trinajstić information content (AvgIpc) is 2.48. The van der Waals surface area contributed by atoms with Crippen LogP contribution in [-0.4, -0.2) is 18.4 Å². The van der Waals surface area contributed by atoms with Crippen molar-refractivity contribution >= 4 is 34.8 Å². The number of halogens is 2. The maximum atomic E-state index is 13.5. The summed E-state index contributed by atoms with van der Waals surface area (Å²) >= 11 is 5.61. The standard InChI is InChI=1S/C15H10ClFN2O2/c16-10-6-5-9(7-11(10)17)15(21)19-8-14(20)18-12-3-1-2-4-13(12)19/h1-7H,8H2,(H,18,20). The van der Waals surface area contributed by atoms with Crippen LogP contribution in [0.1, 0.15) is 10.4 Å². The first-order valence-electron chi connectivity index (χ1n) is 6.22. The zero-order valence-corrected chi connectivity index (χ0v) is 11.5. The van der Waals surface area contributed by atoms with E-state index in [9.17, 15) is 14.0 Å². The van der Waals surface area contributed by atoms with Crippen LogP contribution in [0.15, 0.2) is 42.5 Å². The molecule has 0 saturated carbocycles. The zero-order chi connectivity index (χ0) is 15.0. The van der Waals surface area contributed by atoms with E-state index in [1.807, 2.05) is 0 Å². The zero-order valence-electron chi connectivity index (χ0n) is 10.8. The van der Waals surface area contributed by atoms with E-state index in [0.717, 1.165) is 6.07 Å². The summed E-state index contributed by atoms with van der Waals surface area (Å²) in [5.74, 6) is -1.42. The molecule has 1 aliphatic rings. The monoisotopic (exact) mass is 304 g/mol. The number of para-hydroxylation sites is 2. The highest BCUT2D eigenvalue weighted by molar-refractivity contribution is 6.30. The largest absolute Gasteiger partial charge is 0.323 e. The van der Waals surface area contributed by atoms with Crippen LogP contribution in [0.3, 0.4) is 0 Å². The van der Waals surface area contributed by atoms with Crippen LogP contribution in [0.2, 0.25) is 5.02 Å². The van der Waals surface area contributed by atoms with Gasteiger partial charge in [0.15, 0.2) is 0 Å². The number of carbonyl (C=O) groups excluding carboxylic acids is 2. The van der Waals surface area contributed by atoms with Gasteiger partial charge in [-0.05, 0) is 30.3 Å². The fraction of sp³-hybridized carbons (Fsp3) is 0.0667. The van der Waals surface area contributed by atoms with Gasteiger partial charge in [-0.15, -0.1) is 0 Å². The van der Waals surface area contributed by atoms with Crippen LogP contribution >= 0.6 is 11.6 Å². The highest BCUT2D eigenvalue weighted by atomic mass is 35.5. The summed E-state index contributed by atoms with van der Waals surface area (Å²) in [5, 5.41) is 2.64. The van der Waals surface area contributed by atoms with Crippen molar-refractivity contribution < 1.29 is 14.0 Å². The van der Waals surface area contributed by atoms with Crippen LogP contribution in [0.25, 0.3) is 0 Å². The molecule has 0 bridgehead atoms. The van der Waals surface area contributed by atoms with Gasteiger partial charge in [0.25, 0.3) is 5.91 Å². The Morgan fingerprint density at radius 2 is 2.00 bits per heavy atom. The molecule has 0 aliphatic carbocycles. The number of rotatable bonds is 1. The molecule has 1 heterocycles. The fourth-order valence-corrected chi connectivity index (χ4v) is 2.32. The predicted molar refractivity (Wildman–Crippen MR) is 78.2 cm³/mol. The molecule has 0 atom stereocenters. The van der Waals surface area contributed by atoms with E-state index in [4.69, 9.17) is 11.6 Å². The molecule has 2 amide bonds. The van der Waals surface area contributed by atoms with Gasteiger partial charge in [-0.25, -0.2) is 4.39 Å². The summed E-state index contributed by atoms with van der Waals surface area (Å²) < 4.78 is 13.5. The molecule has 21 heavy (non-hydrogen) atoms. The minimum atomic E-state index is -0.669. The third kappa shape index (κ3) is 2.48. The molecule has 0 spiro atoms. The molecule has 1 aliphatic heterocycles. The second kappa shape index (κ2) is 5.18. The summed E-state index contributed by atoms with van der Waals surface area (Å²) in [6.07, 6.45) is 0. The smallest absolute Gasteiger partial charge is 0.258 e. The Bertz CT molecular complexity index is 748. The molecule has 0 unspecified atom stereocenters. The highest BCUT2D eigenvalue weighted by Crippen LogP contribution is 2.30. The number of fused-ring (bicyclic) bond motifs is 1. The first-order chi connectivity index (χ1) is 10.1. The summed E-state index contributed by atoms with van der Waals surface area (Å²) in [6, 6.07) is 10.8. The number of amides is 2. The lowest BCUT2D eigenvalue weighted by Gasteiger charge is -2.29. The number of benzene rings is 2. The van der Waals surface area contributed by atoms with Gasteiger partial charge in [-0.2, -0.15) is 0 Å². The lowest BCUT2D eigenvalue weighted by molar-refractivity contribution is -0.115. The molecule has 4 nitrogen and oxygen atoms in total. The molecule has 106 valence electrons. The number of hydrogen-bond donors (Lipinski definition) is 1. The topological polar surface area (TPSA) is 49.4 Å². The van der Waals surface area contributed by atoms with E-state index in [0.29, 0.717) is 11.4 Å². The quantitative estimate of drug-likeness (QED) is 0.880. The highest BCUT2D eigenvalue weighted by Gasteiger charge is 2.27. The van der Waals surface area contributed by atoms with Gasteiger partial charge in [0.05, 0.1) is 16.4 Å². The van der Waals surface area contributed by atoms with Crippen molar-refractivity contribution in [3.63, 3.8) is 0 Å². The third-order valence-corrected chi connectivity index (χ3v) is 3.49. The van der Waals surface area contributed by atoms with Gasteiger partial charge in [0.1, 0.15) is 12.4 Å². The third-order valence-electron chi connectivity index (χ3n) is 3.18. The van der Waals surface area contributed by atoms with E-state index < -0.39 is 11.7 Å². The first-order valence-corrected chi connectivity index (χ1v) is 6.60. The van der Waals surface area contributed by atoms with Gasteiger partial charge in [-0.3, -0.25) is 14.5 Å². The molecule has 2 aromatic rings. The number of nitrogens with zero attached hydrogens (tertiary/aromatic N) is 1. The van der Waals surface area contributed by atoms with Crippen molar-refractivity contribution in [1.29, 1.82) is 0 Å².